The van der Waals surface area contributed by atoms with E-state index in [1.807, 2.05) is 0 Å². The third-order valence-electron chi connectivity index (χ3n) is 3.94. The summed E-state index contributed by atoms with van der Waals surface area (Å²) in [6.07, 6.45) is 3.69. The fourth-order valence-corrected chi connectivity index (χ4v) is 2.54. The minimum Gasteiger partial charge on any atom is -0.437 e. The van der Waals surface area contributed by atoms with E-state index in [4.69, 9.17) is 10.5 Å². The number of ether oxygens (including phenoxy) is 1. The van der Waals surface area contributed by atoms with Gasteiger partial charge in [-0.15, -0.1) is 0 Å². The van der Waals surface area contributed by atoms with Gasteiger partial charge in [0, 0.05) is 13.1 Å². The second kappa shape index (κ2) is 6.17. The number of halogens is 1. The topological polar surface area (TPSA) is 64.3 Å². The zero-order chi connectivity index (χ0) is 15.5. The Labute approximate surface area is 128 Å². The van der Waals surface area contributed by atoms with E-state index in [1.54, 1.807) is 12.1 Å². The molecule has 2 N–H and O–H groups in total. The first-order valence-corrected chi connectivity index (χ1v) is 7.42. The molecule has 0 bridgehead atoms. The normalized spacial score (nSPS) is 15.8. The number of piperidine rings is 1. The Bertz CT molecular complexity index is 639. The molecule has 1 aliphatic rings. The maximum Gasteiger partial charge on any atom is 0.248 e. The highest BCUT2D eigenvalue weighted by Gasteiger charge is 2.21. The van der Waals surface area contributed by atoms with Crippen molar-refractivity contribution in [3.8, 4) is 11.6 Å². The molecular weight excluding hydrogens is 283 g/mol. The van der Waals surface area contributed by atoms with Crippen LogP contribution in [0.3, 0.4) is 0 Å². The molecule has 0 amide bonds. The van der Waals surface area contributed by atoms with Gasteiger partial charge in [-0.1, -0.05) is 6.92 Å². The number of anilines is 2. The van der Waals surface area contributed by atoms with Gasteiger partial charge in [0.1, 0.15) is 23.6 Å². The molecule has 2 aromatic rings. The van der Waals surface area contributed by atoms with E-state index in [0.29, 0.717) is 23.1 Å². The Balaban J connectivity index is 1.81. The first kappa shape index (κ1) is 14.6. The molecule has 1 aliphatic heterocycles. The van der Waals surface area contributed by atoms with E-state index in [9.17, 15) is 4.39 Å². The average molecular weight is 302 g/mol. The van der Waals surface area contributed by atoms with E-state index in [2.05, 4.69) is 21.8 Å². The molecule has 0 unspecified atom stereocenters. The van der Waals surface area contributed by atoms with Crippen LogP contribution in [-0.2, 0) is 0 Å². The molecule has 6 heteroatoms. The van der Waals surface area contributed by atoms with Crippen molar-refractivity contribution in [1.29, 1.82) is 0 Å². The van der Waals surface area contributed by atoms with E-state index < -0.39 is 0 Å². The lowest BCUT2D eigenvalue weighted by Crippen LogP contribution is -2.34. The zero-order valence-electron chi connectivity index (χ0n) is 12.5. The summed E-state index contributed by atoms with van der Waals surface area (Å²) < 4.78 is 18.6. The van der Waals surface area contributed by atoms with Crippen LogP contribution in [0.2, 0.25) is 0 Å². The molecule has 0 spiro atoms. The van der Waals surface area contributed by atoms with E-state index >= 15 is 0 Å². The van der Waals surface area contributed by atoms with Gasteiger partial charge in [0.25, 0.3) is 0 Å². The molecule has 0 atom stereocenters. The van der Waals surface area contributed by atoms with Crippen molar-refractivity contribution < 1.29 is 9.13 Å². The highest BCUT2D eigenvalue weighted by Crippen LogP contribution is 2.33. The van der Waals surface area contributed by atoms with Gasteiger partial charge in [-0.2, -0.15) is 4.98 Å². The number of aromatic nitrogens is 2. The van der Waals surface area contributed by atoms with Gasteiger partial charge >= 0.3 is 0 Å². The Morgan fingerprint density at radius 2 is 1.86 bits per heavy atom. The SMILES string of the molecule is CC1CCN(c2ncnc(Oc3ccc(F)cc3)c2N)CC1. The molecule has 0 saturated carbocycles. The number of hydrogen-bond donors (Lipinski definition) is 1. The minimum absolute atomic E-state index is 0.301. The summed E-state index contributed by atoms with van der Waals surface area (Å²) in [6, 6.07) is 5.75. The Morgan fingerprint density at radius 3 is 2.55 bits per heavy atom. The van der Waals surface area contributed by atoms with Crippen LogP contribution in [0.25, 0.3) is 0 Å². The van der Waals surface area contributed by atoms with Gasteiger partial charge in [0.2, 0.25) is 5.88 Å². The number of benzene rings is 1. The Morgan fingerprint density at radius 1 is 1.18 bits per heavy atom. The van der Waals surface area contributed by atoms with Gasteiger partial charge in [-0.3, -0.25) is 0 Å². The molecule has 1 saturated heterocycles. The van der Waals surface area contributed by atoms with Gasteiger partial charge in [-0.05, 0) is 43.0 Å². The number of nitrogens with zero attached hydrogens (tertiary/aromatic N) is 3. The van der Waals surface area contributed by atoms with Crippen molar-refractivity contribution in [3.05, 3.63) is 36.4 Å². The fourth-order valence-electron chi connectivity index (χ4n) is 2.54. The summed E-state index contributed by atoms with van der Waals surface area (Å²) in [5.41, 5.74) is 6.58. The second-order valence-corrected chi connectivity index (χ2v) is 5.64. The number of nitrogens with two attached hydrogens (primary N) is 1. The summed E-state index contributed by atoms with van der Waals surface area (Å²) in [5, 5.41) is 0. The first-order chi connectivity index (χ1) is 10.6. The van der Waals surface area contributed by atoms with Crippen LogP contribution in [0.4, 0.5) is 15.9 Å². The molecule has 1 aromatic heterocycles. The summed E-state index contributed by atoms with van der Waals surface area (Å²) in [5.74, 6) is 1.92. The van der Waals surface area contributed by atoms with Crippen molar-refractivity contribution in [2.75, 3.05) is 23.7 Å². The predicted octanol–water partition coefficient (Wildman–Crippen LogP) is 3.23. The van der Waals surface area contributed by atoms with Crippen LogP contribution in [0, 0.1) is 11.7 Å². The number of hydrogen-bond acceptors (Lipinski definition) is 5. The lowest BCUT2D eigenvalue weighted by Gasteiger charge is -2.31. The molecule has 1 aromatic carbocycles. The van der Waals surface area contributed by atoms with Crippen molar-refractivity contribution in [2.45, 2.75) is 19.8 Å². The average Bonchev–Trinajstić information content (AvgIpc) is 2.53. The third kappa shape index (κ3) is 3.10. The van der Waals surface area contributed by atoms with Gasteiger partial charge < -0.3 is 15.4 Å². The van der Waals surface area contributed by atoms with Crippen molar-refractivity contribution in [2.24, 2.45) is 5.92 Å². The first-order valence-electron chi connectivity index (χ1n) is 7.42. The van der Waals surface area contributed by atoms with Crippen molar-refractivity contribution in [3.63, 3.8) is 0 Å². The van der Waals surface area contributed by atoms with Gasteiger partial charge in [0.15, 0.2) is 5.82 Å². The molecule has 22 heavy (non-hydrogen) atoms. The molecule has 0 aliphatic carbocycles. The standard InChI is InChI=1S/C16H19FN4O/c1-11-6-8-21(9-7-11)15-14(18)16(20-10-19-15)22-13-4-2-12(17)3-5-13/h2-5,10-11H,6-9,18H2,1H3. The molecule has 2 heterocycles. The lowest BCUT2D eigenvalue weighted by molar-refractivity contribution is 0.434. The van der Waals surface area contributed by atoms with E-state index in [0.717, 1.165) is 31.8 Å². The van der Waals surface area contributed by atoms with Gasteiger partial charge in [0.05, 0.1) is 0 Å². The summed E-state index contributed by atoms with van der Waals surface area (Å²) in [6.45, 7) is 4.11. The minimum atomic E-state index is -0.314. The van der Waals surface area contributed by atoms with Crippen LogP contribution in [-0.4, -0.2) is 23.1 Å². The number of rotatable bonds is 3. The van der Waals surface area contributed by atoms with Crippen LogP contribution in [0.5, 0.6) is 11.6 Å². The van der Waals surface area contributed by atoms with Crippen molar-refractivity contribution in [1.82, 2.24) is 9.97 Å². The quantitative estimate of drug-likeness (QED) is 0.943. The summed E-state index contributed by atoms with van der Waals surface area (Å²) in [4.78, 5) is 10.5. The van der Waals surface area contributed by atoms with Crippen LogP contribution >= 0.6 is 0 Å². The maximum absolute atomic E-state index is 12.9. The smallest absolute Gasteiger partial charge is 0.248 e. The van der Waals surface area contributed by atoms with Crippen molar-refractivity contribution >= 4 is 11.5 Å². The Kier molecular flexibility index (Phi) is 4.09. The molecule has 116 valence electrons. The monoisotopic (exact) mass is 302 g/mol. The largest absolute Gasteiger partial charge is 0.437 e. The molecular formula is C16H19FN4O. The maximum atomic E-state index is 12.9. The zero-order valence-corrected chi connectivity index (χ0v) is 12.5. The van der Waals surface area contributed by atoms with Crippen LogP contribution in [0.1, 0.15) is 19.8 Å². The Hall–Kier alpha value is -2.37. The van der Waals surface area contributed by atoms with Crippen LogP contribution < -0.4 is 15.4 Å². The summed E-state index contributed by atoms with van der Waals surface area (Å²) >= 11 is 0. The molecule has 1 fully saturated rings. The molecule has 0 radical (unpaired) electrons. The van der Waals surface area contributed by atoms with Gasteiger partial charge in [-0.25, -0.2) is 9.37 Å². The molecule has 3 rings (SSSR count). The molecule has 5 nitrogen and oxygen atoms in total. The number of nitrogen functional groups attached to an aromatic ring is 1. The fraction of sp³-hybridized carbons (Fsp3) is 0.375. The van der Waals surface area contributed by atoms with E-state index in [1.165, 1.54) is 18.5 Å². The summed E-state index contributed by atoms with van der Waals surface area (Å²) in [7, 11) is 0. The van der Waals surface area contributed by atoms with Crippen LogP contribution in [0.15, 0.2) is 30.6 Å². The highest BCUT2D eigenvalue weighted by atomic mass is 19.1. The second-order valence-electron chi connectivity index (χ2n) is 5.64. The third-order valence-corrected chi connectivity index (χ3v) is 3.94. The lowest BCUT2D eigenvalue weighted by atomic mass is 9.99. The van der Waals surface area contributed by atoms with E-state index in [-0.39, 0.29) is 5.82 Å². The predicted molar refractivity (Wildman–Crippen MR) is 83.5 cm³/mol. The highest BCUT2D eigenvalue weighted by molar-refractivity contribution is 5.68.